The first-order chi connectivity index (χ1) is 5.66. The maximum Gasteiger partial charge on any atom is 0.0706 e. The van der Waals surface area contributed by atoms with E-state index < -0.39 is 0 Å². The average molecular weight is 185 g/mol. The zero-order chi connectivity index (χ0) is 10.3. The summed E-state index contributed by atoms with van der Waals surface area (Å²) >= 11 is 0. The zero-order valence-electron chi connectivity index (χ0n) is 9.82. The topological polar surface area (TPSA) is 21.3 Å². The van der Waals surface area contributed by atoms with E-state index in [1.165, 1.54) is 0 Å². The molecule has 1 aliphatic rings. The normalized spacial score (nSPS) is 22.6. The Bertz CT molecular complexity index is 181. The molecule has 0 aliphatic carbocycles. The van der Waals surface area contributed by atoms with E-state index >= 15 is 0 Å². The van der Waals surface area contributed by atoms with Crippen LogP contribution in [0.5, 0.6) is 0 Å². The van der Waals surface area contributed by atoms with Crippen LogP contribution in [0.2, 0.25) is 0 Å². The van der Waals surface area contributed by atoms with Gasteiger partial charge in [0.05, 0.1) is 18.8 Å². The quantitative estimate of drug-likeness (QED) is 0.676. The van der Waals surface area contributed by atoms with Crippen molar-refractivity contribution in [3.05, 3.63) is 0 Å². The van der Waals surface area contributed by atoms with Gasteiger partial charge in [-0.05, 0) is 26.2 Å². The van der Waals surface area contributed by atoms with Crippen LogP contribution in [-0.2, 0) is 4.74 Å². The molecule has 1 aliphatic heterocycles. The fourth-order valence-corrected chi connectivity index (χ4v) is 1.72. The summed E-state index contributed by atoms with van der Waals surface area (Å²) in [5.41, 5.74) is 0.598. The third-order valence-electron chi connectivity index (χ3n) is 2.75. The number of rotatable bonds is 1. The molecule has 0 aromatic heterocycles. The molecule has 1 N–H and O–H groups in total. The van der Waals surface area contributed by atoms with Gasteiger partial charge in [-0.25, -0.2) is 0 Å². The third kappa shape index (κ3) is 2.23. The summed E-state index contributed by atoms with van der Waals surface area (Å²) in [6.07, 6.45) is 0. The van der Waals surface area contributed by atoms with Gasteiger partial charge < -0.3 is 10.1 Å². The number of hydrogen-bond acceptors (Lipinski definition) is 2. The highest BCUT2D eigenvalue weighted by atomic mass is 16.5. The van der Waals surface area contributed by atoms with Crippen LogP contribution in [0.1, 0.15) is 41.5 Å². The van der Waals surface area contributed by atoms with Crippen LogP contribution in [0.25, 0.3) is 0 Å². The van der Waals surface area contributed by atoms with Gasteiger partial charge in [0.15, 0.2) is 0 Å². The second-order valence-corrected chi connectivity index (χ2v) is 6.20. The maximum absolute atomic E-state index is 5.35. The molecule has 0 amide bonds. The van der Waals surface area contributed by atoms with Crippen molar-refractivity contribution < 1.29 is 4.74 Å². The first-order valence-electron chi connectivity index (χ1n) is 5.03. The Labute approximate surface area is 82.0 Å². The molecular formula is C11H23NO. The molecule has 0 spiro atoms. The van der Waals surface area contributed by atoms with Crippen molar-refractivity contribution in [1.29, 1.82) is 0 Å². The van der Waals surface area contributed by atoms with E-state index in [2.05, 4.69) is 46.9 Å². The number of ether oxygens (including phenoxy) is 1. The lowest BCUT2D eigenvalue weighted by Crippen LogP contribution is -2.71. The van der Waals surface area contributed by atoms with Gasteiger partial charge in [0.25, 0.3) is 0 Å². The molecule has 1 rings (SSSR count). The summed E-state index contributed by atoms with van der Waals surface area (Å²) in [4.78, 5) is 0. The number of hydrogen-bond donors (Lipinski definition) is 1. The van der Waals surface area contributed by atoms with E-state index in [0.717, 1.165) is 13.2 Å². The van der Waals surface area contributed by atoms with Crippen LogP contribution < -0.4 is 5.32 Å². The molecule has 78 valence electrons. The Morgan fingerprint density at radius 2 is 1.46 bits per heavy atom. The van der Waals surface area contributed by atoms with Crippen molar-refractivity contribution in [3.8, 4) is 0 Å². The van der Waals surface area contributed by atoms with Gasteiger partial charge in [-0.15, -0.1) is 0 Å². The maximum atomic E-state index is 5.35. The van der Waals surface area contributed by atoms with E-state index in [1.807, 2.05) is 0 Å². The second kappa shape index (κ2) is 2.96. The summed E-state index contributed by atoms with van der Waals surface area (Å²) in [6, 6.07) is 0. The molecule has 13 heavy (non-hydrogen) atoms. The second-order valence-electron chi connectivity index (χ2n) is 6.20. The third-order valence-corrected chi connectivity index (χ3v) is 2.75. The van der Waals surface area contributed by atoms with Crippen molar-refractivity contribution in [2.75, 3.05) is 13.2 Å². The molecule has 0 atom stereocenters. The minimum atomic E-state index is 0.164. The first-order valence-corrected chi connectivity index (χ1v) is 5.03. The predicted molar refractivity (Wildman–Crippen MR) is 55.9 cm³/mol. The fourth-order valence-electron chi connectivity index (χ4n) is 1.72. The highest BCUT2D eigenvalue weighted by molar-refractivity contribution is 5.05. The predicted octanol–water partition coefficient (Wildman–Crippen LogP) is 2.19. The zero-order valence-corrected chi connectivity index (χ0v) is 9.82. The van der Waals surface area contributed by atoms with Crippen LogP contribution in [-0.4, -0.2) is 24.3 Å². The van der Waals surface area contributed by atoms with Crippen LogP contribution in [0.3, 0.4) is 0 Å². The van der Waals surface area contributed by atoms with Gasteiger partial charge in [-0.3, -0.25) is 0 Å². The monoisotopic (exact) mass is 185 g/mol. The molecule has 1 saturated heterocycles. The lowest BCUT2D eigenvalue weighted by molar-refractivity contribution is -0.136. The van der Waals surface area contributed by atoms with Gasteiger partial charge in [0.2, 0.25) is 0 Å². The molecular weight excluding hydrogens is 162 g/mol. The molecule has 1 fully saturated rings. The van der Waals surface area contributed by atoms with Crippen molar-refractivity contribution in [1.82, 2.24) is 5.32 Å². The van der Waals surface area contributed by atoms with Crippen molar-refractivity contribution >= 4 is 0 Å². The van der Waals surface area contributed by atoms with E-state index in [-0.39, 0.29) is 16.5 Å². The lowest BCUT2D eigenvalue weighted by atomic mass is 9.71. The highest BCUT2D eigenvalue weighted by Gasteiger charge is 2.49. The molecule has 0 saturated carbocycles. The summed E-state index contributed by atoms with van der Waals surface area (Å²) in [5.74, 6) is 0. The van der Waals surface area contributed by atoms with Crippen LogP contribution in [0.4, 0.5) is 0 Å². The SMILES string of the molecule is CC(C)(C)NC1(C(C)(C)C)COC1. The fraction of sp³-hybridized carbons (Fsp3) is 1.00. The van der Waals surface area contributed by atoms with Crippen LogP contribution >= 0.6 is 0 Å². The minimum Gasteiger partial charge on any atom is -0.377 e. The van der Waals surface area contributed by atoms with Gasteiger partial charge in [-0.2, -0.15) is 0 Å². The minimum absolute atomic E-state index is 0.164. The first kappa shape index (κ1) is 11.0. The summed E-state index contributed by atoms with van der Waals surface area (Å²) < 4.78 is 5.35. The van der Waals surface area contributed by atoms with Crippen LogP contribution in [0.15, 0.2) is 0 Å². The van der Waals surface area contributed by atoms with E-state index in [4.69, 9.17) is 4.74 Å². The molecule has 2 heteroatoms. The Morgan fingerprint density at radius 1 is 1.00 bits per heavy atom. The van der Waals surface area contributed by atoms with E-state index in [9.17, 15) is 0 Å². The van der Waals surface area contributed by atoms with Gasteiger partial charge in [0, 0.05) is 5.54 Å². The van der Waals surface area contributed by atoms with Crippen molar-refractivity contribution in [3.63, 3.8) is 0 Å². The molecule has 0 radical (unpaired) electrons. The Kier molecular flexibility index (Phi) is 2.50. The number of nitrogens with one attached hydrogen (secondary N) is 1. The van der Waals surface area contributed by atoms with E-state index in [1.54, 1.807) is 0 Å². The van der Waals surface area contributed by atoms with Gasteiger partial charge in [-0.1, -0.05) is 20.8 Å². The Balaban J connectivity index is 2.72. The summed E-state index contributed by atoms with van der Waals surface area (Å²) in [7, 11) is 0. The standard InChI is InChI=1S/C11H23NO/c1-9(2,3)11(7-13-8-11)12-10(4,5)6/h12H,7-8H2,1-6H3. The van der Waals surface area contributed by atoms with Gasteiger partial charge in [0.1, 0.15) is 0 Å². The summed E-state index contributed by atoms with van der Waals surface area (Å²) in [6.45, 7) is 15.1. The molecule has 0 bridgehead atoms. The van der Waals surface area contributed by atoms with Gasteiger partial charge >= 0.3 is 0 Å². The van der Waals surface area contributed by atoms with Crippen molar-refractivity contribution in [2.24, 2.45) is 5.41 Å². The average Bonchev–Trinajstić information content (AvgIpc) is 1.73. The largest absolute Gasteiger partial charge is 0.377 e. The molecule has 1 heterocycles. The molecule has 0 aromatic rings. The smallest absolute Gasteiger partial charge is 0.0706 e. The van der Waals surface area contributed by atoms with Crippen molar-refractivity contribution in [2.45, 2.75) is 52.6 Å². The molecule has 0 unspecified atom stereocenters. The van der Waals surface area contributed by atoms with E-state index in [0.29, 0.717) is 0 Å². The van der Waals surface area contributed by atoms with Crippen LogP contribution in [0, 0.1) is 5.41 Å². The Hall–Kier alpha value is -0.0800. The highest BCUT2D eigenvalue weighted by Crippen LogP contribution is 2.37. The Morgan fingerprint density at radius 3 is 1.54 bits per heavy atom. The molecule has 0 aromatic carbocycles. The summed E-state index contributed by atoms with van der Waals surface area (Å²) in [5, 5.41) is 3.68. The lowest BCUT2D eigenvalue weighted by Gasteiger charge is -2.54. The molecule has 2 nitrogen and oxygen atoms in total.